The summed E-state index contributed by atoms with van der Waals surface area (Å²) in [5.74, 6) is 0. The van der Waals surface area contributed by atoms with Crippen molar-refractivity contribution in [3.63, 3.8) is 0 Å². The molecule has 0 aromatic rings. The Kier molecular flexibility index (Phi) is 5.35. The molecule has 0 unspecified atom stereocenters. The van der Waals surface area contributed by atoms with Crippen molar-refractivity contribution in [1.82, 2.24) is 0 Å². The molecule has 1 rings (SSSR count). The molecular weight excluding hydrogens is 275 g/mol. The molecule has 108 valence electrons. The quantitative estimate of drug-likeness (QED) is 0.237. The van der Waals surface area contributed by atoms with E-state index in [-0.39, 0.29) is 0 Å². The minimum Gasteiger partial charge on any atom is -0.394 e. The van der Waals surface area contributed by atoms with Gasteiger partial charge in [0.2, 0.25) is 6.29 Å². The van der Waals surface area contributed by atoms with Gasteiger partial charge in [-0.15, -0.1) is 4.52 Å². The van der Waals surface area contributed by atoms with Crippen molar-refractivity contribution in [2.45, 2.75) is 36.8 Å². The summed E-state index contributed by atoms with van der Waals surface area (Å²) in [6, 6.07) is 0. The van der Waals surface area contributed by atoms with Crippen LogP contribution >= 0.6 is 8.17 Å². The Morgan fingerprint density at radius 1 is 1.06 bits per heavy atom. The Morgan fingerprint density at radius 3 is 2.06 bits per heavy atom. The Balaban J connectivity index is 2.80. The number of hydrogen-bond acceptors (Lipinski definition) is 10. The second-order valence-corrected chi connectivity index (χ2v) is 5.05. The molecule has 11 heteroatoms. The minimum absolute atomic E-state index is 0.811. The van der Waals surface area contributed by atoms with E-state index in [2.05, 4.69) is 4.52 Å². The Hall–Kier alpha value is 0.0300. The SMILES string of the molecule is OC[C@@H](O)[C@H]1O[C@@H](O[P+](O)(O)O)[C@@H](O)[C@@H](O)[C@@H]1O. The maximum atomic E-state index is 9.49. The average Bonchev–Trinajstić information content (AvgIpc) is 2.27. The fourth-order valence-corrected chi connectivity index (χ4v) is 1.98. The summed E-state index contributed by atoms with van der Waals surface area (Å²) in [5.41, 5.74) is 0. The van der Waals surface area contributed by atoms with Crippen LogP contribution in [0.2, 0.25) is 0 Å². The lowest BCUT2D eigenvalue weighted by atomic mass is 9.96. The molecule has 0 spiro atoms. The molecule has 6 atom stereocenters. The zero-order chi connectivity index (χ0) is 14.1. The number of ether oxygens (including phenoxy) is 1. The van der Waals surface area contributed by atoms with Gasteiger partial charge >= 0.3 is 8.17 Å². The van der Waals surface area contributed by atoms with Gasteiger partial charge in [-0.25, -0.2) is 0 Å². The second-order valence-electron chi connectivity index (χ2n) is 3.81. The standard InChI is InChI=1S/C7H16O10P/c8-1-2(9)6-4(11)3(10)5(12)7(16-6)17-18(13,14)15/h2-15H,1H2/q+1/t2-,3+,4+,5+,6-,7+/m1/s1. The molecule has 0 aliphatic carbocycles. The van der Waals surface area contributed by atoms with Crippen molar-refractivity contribution in [3.05, 3.63) is 0 Å². The largest absolute Gasteiger partial charge is 0.570 e. The topological polar surface area (TPSA) is 180 Å². The summed E-state index contributed by atoms with van der Waals surface area (Å²) < 4.78 is 8.94. The van der Waals surface area contributed by atoms with Crippen LogP contribution < -0.4 is 0 Å². The smallest absolute Gasteiger partial charge is 0.394 e. The molecule has 0 aromatic heterocycles. The molecule has 0 bridgehead atoms. The summed E-state index contributed by atoms with van der Waals surface area (Å²) in [7, 11) is -4.75. The van der Waals surface area contributed by atoms with Crippen LogP contribution in [0.15, 0.2) is 0 Å². The van der Waals surface area contributed by atoms with Crippen LogP contribution in [0, 0.1) is 0 Å². The van der Waals surface area contributed by atoms with Crippen LogP contribution in [-0.2, 0) is 9.26 Å². The van der Waals surface area contributed by atoms with Crippen LogP contribution in [0.4, 0.5) is 0 Å². The normalized spacial score (nSPS) is 39.7. The maximum absolute atomic E-state index is 9.49. The fourth-order valence-electron chi connectivity index (χ4n) is 1.52. The van der Waals surface area contributed by atoms with Gasteiger partial charge in [0.25, 0.3) is 0 Å². The summed E-state index contributed by atoms with van der Waals surface area (Å²) in [5, 5.41) is 46.4. The molecule has 0 radical (unpaired) electrons. The third-order valence-electron chi connectivity index (χ3n) is 2.42. The Morgan fingerprint density at radius 2 is 1.61 bits per heavy atom. The third kappa shape index (κ3) is 3.76. The lowest BCUT2D eigenvalue weighted by molar-refractivity contribution is -0.294. The monoisotopic (exact) mass is 291 g/mol. The third-order valence-corrected chi connectivity index (χ3v) is 2.91. The van der Waals surface area contributed by atoms with Gasteiger partial charge in [0, 0.05) is 0 Å². The highest BCUT2D eigenvalue weighted by Crippen LogP contribution is 2.48. The molecule has 1 saturated heterocycles. The molecular formula is C7H16O10P+. The lowest BCUT2D eigenvalue weighted by Crippen LogP contribution is -2.61. The van der Waals surface area contributed by atoms with E-state index in [1.165, 1.54) is 0 Å². The van der Waals surface area contributed by atoms with Gasteiger partial charge in [-0.3, -0.25) is 0 Å². The summed E-state index contributed by atoms with van der Waals surface area (Å²) in [6.07, 6.45) is -10.5. The van der Waals surface area contributed by atoms with Gasteiger partial charge in [-0.1, -0.05) is 0 Å². The van der Waals surface area contributed by atoms with Crippen molar-refractivity contribution in [2.24, 2.45) is 0 Å². The molecule has 1 fully saturated rings. The van der Waals surface area contributed by atoms with Crippen LogP contribution in [0.3, 0.4) is 0 Å². The number of hydrogen-bond donors (Lipinski definition) is 8. The van der Waals surface area contributed by atoms with Crippen LogP contribution in [0.5, 0.6) is 0 Å². The number of rotatable bonds is 4. The van der Waals surface area contributed by atoms with E-state index in [1.54, 1.807) is 0 Å². The minimum atomic E-state index is -4.75. The van der Waals surface area contributed by atoms with Crippen LogP contribution in [0.25, 0.3) is 0 Å². The van der Waals surface area contributed by atoms with E-state index >= 15 is 0 Å². The van der Waals surface area contributed by atoms with Crippen molar-refractivity contribution in [3.8, 4) is 0 Å². The van der Waals surface area contributed by atoms with E-state index in [1.807, 2.05) is 0 Å². The van der Waals surface area contributed by atoms with Crippen molar-refractivity contribution < 1.29 is 49.5 Å². The molecule has 18 heavy (non-hydrogen) atoms. The summed E-state index contributed by atoms with van der Waals surface area (Å²) >= 11 is 0. The molecule has 0 aromatic carbocycles. The van der Waals surface area contributed by atoms with Crippen LogP contribution in [-0.4, -0.2) is 83.6 Å². The molecule has 0 saturated carbocycles. The summed E-state index contributed by atoms with van der Waals surface area (Å²) in [4.78, 5) is 26.0. The zero-order valence-corrected chi connectivity index (χ0v) is 9.91. The van der Waals surface area contributed by atoms with E-state index in [9.17, 15) is 20.4 Å². The van der Waals surface area contributed by atoms with Crippen LogP contribution in [0.1, 0.15) is 0 Å². The molecule has 1 aliphatic heterocycles. The lowest BCUT2D eigenvalue weighted by Gasteiger charge is -2.40. The molecule has 8 N–H and O–H groups in total. The predicted molar refractivity (Wildman–Crippen MR) is 54.4 cm³/mol. The van der Waals surface area contributed by atoms with Gasteiger partial charge in [0.1, 0.15) is 30.5 Å². The highest BCUT2D eigenvalue weighted by atomic mass is 31.2. The first-order valence-electron chi connectivity index (χ1n) is 4.91. The second kappa shape index (κ2) is 5.99. The molecule has 1 heterocycles. The van der Waals surface area contributed by atoms with E-state index in [0.717, 1.165) is 0 Å². The van der Waals surface area contributed by atoms with Gasteiger partial charge < -0.3 is 30.3 Å². The van der Waals surface area contributed by atoms with Gasteiger partial charge in [0.05, 0.1) is 6.61 Å². The van der Waals surface area contributed by atoms with Crippen molar-refractivity contribution in [2.75, 3.05) is 6.61 Å². The number of aliphatic hydroxyl groups excluding tert-OH is 5. The zero-order valence-electron chi connectivity index (χ0n) is 9.01. The predicted octanol–water partition coefficient (Wildman–Crippen LogP) is -4.18. The average molecular weight is 291 g/mol. The maximum Gasteiger partial charge on any atom is 0.570 e. The van der Waals surface area contributed by atoms with E-state index in [0.29, 0.717) is 0 Å². The van der Waals surface area contributed by atoms with Crippen molar-refractivity contribution >= 4 is 8.17 Å². The first-order valence-corrected chi connectivity index (χ1v) is 6.48. The van der Waals surface area contributed by atoms with Crippen molar-refractivity contribution in [1.29, 1.82) is 0 Å². The first-order chi connectivity index (χ1) is 8.17. The molecule has 1 aliphatic rings. The fraction of sp³-hybridized carbons (Fsp3) is 1.00. The highest BCUT2D eigenvalue weighted by molar-refractivity contribution is 7.53. The van der Waals surface area contributed by atoms with E-state index < -0.39 is 51.6 Å². The van der Waals surface area contributed by atoms with E-state index in [4.69, 9.17) is 24.5 Å². The Bertz CT molecular complexity index is 269. The summed E-state index contributed by atoms with van der Waals surface area (Å²) in [6.45, 7) is -0.811. The van der Waals surface area contributed by atoms with Gasteiger partial charge in [-0.05, 0) is 0 Å². The molecule has 10 nitrogen and oxygen atoms in total. The first kappa shape index (κ1) is 16.1. The van der Waals surface area contributed by atoms with Gasteiger partial charge in [-0.2, -0.15) is 14.7 Å². The Labute approximate surface area is 102 Å². The number of aliphatic hydroxyl groups is 5. The van der Waals surface area contributed by atoms with Gasteiger partial charge in [0.15, 0.2) is 0 Å². The molecule has 0 amide bonds. The highest BCUT2D eigenvalue weighted by Gasteiger charge is 2.52.